The molecule has 0 aromatic heterocycles. The molecule has 0 aliphatic heterocycles. The van der Waals surface area contributed by atoms with Gasteiger partial charge in [-0.25, -0.2) is 0 Å². The van der Waals surface area contributed by atoms with Crippen LogP contribution in [0.4, 0.5) is 0 Å². The fourth-order valence-corrected chi connectivity index (χ4v) is 1.73. The average molecular weight is 261 g/mol. The second-order valence-electron chi connectivity index (χ2n) is 4.21. The van der Waals surface area contributed by atoms with Crippen LogP contribution in [0.1, 0.15) is 12.8 Å². The van der Waals surface area contributed by atoms with Crippen molar-refractivity contribution >= 4 is 5.91 Å². The molecule has 6 heteroatoms. The number of nitrogens with two attached hydrogens (primary N) is 1. The van der Waals surface area contributed by atoms with Crippen LogP contribution in [-0.4, -0.2) is 71.0 Å². The van der Waals surface area contributed by atoms with Crippen molar-refractivity contribution in [3.05, 3.63) is 0 Å². The number of methoxy groups -OCH3 is 2. The number of likely N-dealkylation sites (N-methyl/N-ethyl adjacent to an activating group) is 1. The van der Waals surface area contributed by atoms with Gasteiger partial charge in [-0.05, 0) is 19.9 Å². The molecule has 0 saturated carbocycles. The highest BCUT2D eigenvalue weighted by Gasteiger charge is 2.14. The molecule has 0 fully saturated rings. The van der Waals surface area contributed by atoms with Crippen molar-refractivity contribution in [2.75, 3.05) is 54.1 Å². The van der Waals surface area contributed by atoms with Crippen molar-refractivity contribution in [3.8, 4) is 0 Å². The molecule has 1 unspecified atom stereocenters. The Kier molecular flexibility index (Phi) is 11.0. The molecule has 108 valence electrons. The van der Waals surface area contributed by atoms with E-state index in [9.17, 15) is 4.79 Å². The van der Waals surface area contributed by atoms with Gasteiger partial charge >= 0.3 is 0 Å². The van der Waals surface area contributed by atoms with Gasteiger partial charge in [0.1, 0.15) is 0 Å². The number of carbonyl (C=O) groups excluding carboxylic acids is 1. The predicted molar refractivity (Wildman–Crippen MR) is 71.5 cm³/mol. The highest BCUT2D eigenvalue weighted by molar-refractivity contribution is 5.79. The van der Waals surface area contributed by atoms with Gasteiger partial charge in [-0.1, -0.05) is 0 Å². The Morgan fingerprint density at radius 2 is 1.89 bits per heavy atom. The maximum absolute atomic E-state index is 11.1. The minimum absolute atomic E-state index is 0.266. The third-order valence-corrected chi connectivity index (χ3v) is 2.86. The first-order chi connectivity index (χ1) is 8.65. The number of carbonyl (C=O) groups is 1. The third-order valence-electron chi connectivity index (χ3n) is 2.86. The highest BCUT2D eigenvalue weighted by Crippen LogP contribution is 1.98. The van der Waals surface area contributed by atoms with E-state index in [1.54, 1.807) is 21.3 Å². The highest BCUT2D eigenvalue weighted by atomic mass is 16.5. The molecule has 0 aliphatic carbocycles. The van der Waals surface area contributed by atoms with Crippen molar-refractivity contribution in [1.82, 2.24) is 10.2 Å². The Balaban J connectivity index is 4.00. The summed E-state index contributed by atoms with van der Waals surface area (Å²) in [5, 5.41) is 2.92. The van der Waals surface area contributed by atoms with Crippen LogP contribution >= 0.6 is 0 Å². The zero-order valence-electron chi connectivity index (χ0n) is 11.8. The summed E-state index contributed by atoms with van der Waals surface area (Å²) >= 11 is 0. The zero-order valence-corrected chi connectivity index (χ0v) is 11.8. The SMILES string of the molecule is CNC(CCN(CCCOC)CCOC)C(N)=O. The van der Waals surface area contributed by atoms with Gasteiger partial charge in [-0.3, -0.25) is 4.79 Å². The first-order valence-electron chi connectivity index (χ1n) is 6.32. The standard InChI is InChI=1S/C12H27N3O3/c1-14-11(12(13)16)5-7-15(8-10-18-3)6-4-9-17-2/h11,14H,4-10H2,1-3H3,(H2,13,16). The summed E-state index contributed by atoms with van der Waals surface area (Å²) in [6.45, 7) is 4.05. The number of amides is 1. The fourth-order valence-electron chi connectivity index (χ4n) is 1.73. The molecule has 0 aliphatic rings. The normalized spacial score (nSPS) is 12.9. The van der Waals surface area contributed by atoms with Crippen LogP contribution in [0.5, 0.6) is 0 Å². The van der Waals surface area contributed by atoms with E-state index >= 15 is 0 Å². The summed E-state index contributed by atoms with van der Waals surface area (Å²) in [6, 6.07) is -0.266. The number of rotatable bonds is 12. The number of hydrogen-bond acceptors (Lipinski definition) is 5. The Hall–Kier alpha value is -0.690. The lowest BCUT2D eigenvalue weighted by Crippen LogP contribution is -2.42. The molecule has 18 heavy (non-hydrogen) atoms. The van der Waals surface area contributed by atoms with E-state index in [-0.39, 0.29) is 11.9 Å². The first kappa shape index (κ1) is 17.3. The lowest BCUT2D eigenvalue weighted by molar-refractivity contribution is -0.120. The van der Waals surface area contributed by atoms with Crippen LogP contribution in [0.2, 0.25) is 0 Å². The molecule has 1 atom stereocenters. The van der Waals surface area contributed by atoms with Crippen molar-refractivity contribution in [2.45, 2.75) is 18.9 Å². The van der Waals surface area contributed by atoms with Crippen LogP contribution in [0.25, 0.3) is 0 Å². The Labute approximate surface area is 110 Å². The predicted octanol–water partition coefficient (Wildman–Crippen LogP) is -0.565. The van der Waals surface area contributed by atoms with Crippen LogP contribution in [0.3, 0.4) is 0 Å². The number of ether oxygens (including phenoxy) is 2. The summed E-state index contributed by atoms with van der Waals surface area (Å²) in [4.78, 5) is 13.4. The molecule has 0 rings (SSSR count). The smallest absolute Gasteiger partial charge is 0.234 e. The number of nitrogens with one attached hydrogen (secondary N) is 1. The lowest BCUT2D eigenvalue weighted by Gasteiger charge is -2.23. The molecule has 6 nitrogen and oxygen atoms in total. The van der Waals surface area contributed by atoms with Crippen LogP contribution in [0, 0.1) is 0 Å². The van der Waals surface area contributed by atoms with Crippen LogP contribution in [0.15, 0.2) is 0 Å². The van der Waals surface area contributed by atoms with E-state index in [2.05, 4.69) is 10.2 Å². The lowest BCUT2D eigenvalue weighted by atomic mass is 10.2. The molecule has 0 saturated heterocycles. The molecular formula is C12H27N3O3. The van der Waals surface area contributed by atoms with Crippen molar-refractivity contribution in [2.24, 2.45) is 5.73 Å². The molecule has 3 N–H and O–H groups in total. The summed E-state index contributed by atoms with van der Waals surface area (Å²) in [7, 11) is 5.14. The fraction of sp³-hybridized carbons (Fsp3) is 0.917. The van der Waals surface area contributed by atoms with Gasteiger partial charge < -0.3 is 25.4 Å². The molecule has 0 aromatic rings. The van der Waals surface area contributed by atoms with Crippen LogP contribution in [-0.2, 0) is 14.3 Å². The number of primary amides is 1. The Bertz CT molecular complexity index is 215. The Morgan fingerprint density at radius 1 is 1.22 bits per heavy atom. The summed E-state index contributed by atoms with van der Waals surface area (Å²) in [5.41, 5.74) is 5.29. The quantitative estimate of drug-likeness (QED) is 0.460. The molecule has 1 amide bonds. The topological polar surface area (TPSA) is 76.8 Å². The number of nitrogens with zero attached hydrogens (tertiary/aromatic N) is 1. The summed E-state index contributed by atoms with van der Waals surface area (Å²) in [5.74, 6) is -0.305. The molecular weight excluding hydrogens is 234 g/mol. The van der Waals surface area contributed by atoms with Crippen molar-refractivity contribution < 1.29 is 14.3 Å². The monoisotopic (exact) mass is 261 g/mol. The molecule has 0 bridgehead atoms. The minimum Gasteiger partial charge on any atom is -0.385 e. The maximum atomic E-state index is 11.1. The van der Waals surface area contributed by atoms with Gasteiger partial charge in [-0.2, -0.15) is 0 Å². The van der Waals surface area contributed by atoms with Gasteiger partial charge in [0.2, 0.25) is 5.91 Å². The van der Waals surface area contributed by atoms with Gasteiger partial charge in [-0.15, -0.1) is 0 Å². The number of hydrogen-bond donors (Lipinski definition) is 2. The Morgan fingerprint density at radius 3 is 2.39 bits per heavy atom. The van der Waals surface area contributed by atoms with E-state index in [0.717, 1.165) is 32.7 Å². The largest absolute Gasteiger partial charge is 0.385 e. The van der Waals surface area contributed by atoms with Crippen molar-refractivity contribution in [1.29, 1.82) is 0 Å². The second-order valence-corrected chi connectivity index (χ2v) is 4.21. The van der Waals surface area contributed by atoms with E-state index in [1.807, 2.05) is 0 Å². The first-order valence-corrected chi connectivity index (χ1v) is 6.32. The molecule has 0 spiro atoms. The molecule has 0 heterocycles. The minimum atomic E-state index is -0.305. The average Bonchev–Trinajstić information content (AvgIpc) is 2.35. The summed E-state index contributed by atoms with van der Waals surface area (Å²) < 4.78 is 10.1. The second kappa shape index (κ2) is 11.4. The van der Waals surface area contributed by atoms with Gasteiger partial charge in [0.05, 0.1) is 12.6 Å². The molecule has 0 radical (unpaired) electrons. The summed E-state index contributed by atoms with van der Waals surface area (Å²) in [6.07, 6.45) is 1.68. The maximum Gasteiger partial charge on any atom is 0.234 e. The van der Waals surface area contributed by atoms with E-state index in [0.29, 0.717) is 13.0 Å². The van der Waals surface area contributed by atoms with E-state index in [4.69, 9.17) is 15.2 Å². The van der Waals surface area contributed by atoms with Gasteiger partial charge in [0.15, 0.2) is 0 Å². The van der Waals surface area contributed by atoms with Crippen LogP contribution < -0.4 is 11.1 Å². The third kappa shape index (κ3) is 8.41. The van der Waals surface area contributed by atoms with Gasteiger partial charge in [0, 0.05) is 40.5 Å². The van der Waals surface area contributed by atoms with Crippen molar-refractivity contribution in [3.63, 3.8) is 0 Å². The van der Waals surface area contributed by atoms with E-state index in [1.165, 1.54) is 0 Å². The zero-order chi connectivity index (χ0) is 13.8. The molecule has 0 aromatic carbocycles. The van der Waals surface area contributed by atoms with E-state index < -0.39 is 0 Å². The van der Waals surface area contributed by atoms with Gasteiger partial charge in [0.25, 0.3) is 0 Å².